The minimum Gasteiger partial charge on any atom is -0.354 e. The molecule has 21 heavy (non-hydrogen) atoms. The summed E-state index contributed by atoms with van der Waals surface area (Å²) in [4.78, 5) is 14.5. The summed E-state index contributed by atoms with van der Waals surface area (Å²) >= 11 is 0. The summed E-state index contributed by atoms with van der Waals surface area (Å²) in [6, 6.07) is 8.94. The van der Waals surface area contributed by atoms with Crippen molar-refractivity contribution in [2.75, 3.05) is 26.2 Å². The van der Waals surface area contributed by atoms with Gasteiger partial charge in [-0.15, -0.1) is 0 Å². The van der Waals surface area contributed by atoms with Crippen LogP contribution < -0.4 is 11.1 Å². The first-order valence-electron chi connectivity index (χ1n) is 7.97. The van der Waals surface area contributed by atoms with Crippen LogP contribution in [0.2, 0.25) is 0 Å². The number of rotatable bonds is 6. The van der Waals surface area contributed by atoms with Crippen molar-refractivity contribution >= 4 is 5.91 Å². The van der Waals surface area contributed by atoms with Crippen molar-refractivity contribution in [3.63, 3.8) is 0 Å². The Balaban J connectivity index is 1.63. The van der Waals surface area contributed by atoms with Crippen molar-refractivity contribution in [2.24, 2.45) is 11.7 Å². The van der Waals surface area contributed by atoms with E-state index < -0.39 is 6.04 Å². The van der Waals surface area contributed by atoms with Crippen molar-refractivity contribution in [3.05, 3.63) is 35.9 Å². The normalized spacial score (nSPS) is 18.4. The van der Waals surface area contributed by atoms with Crippen LogP contribution in [0.4, 0.5) is 0 Å². The van der Waals surface area contributed by atoms with E-state index in [4.69, 9.17) is 5.73 Å². The maximum Gasteiger partial charge on any atom is 0.241 e. The van der Waals surface area contributed by atoms with Gasteiger partial charge in [0, 0.05) is 6.54 Å². The van der Waals surface area contributed by atoms with Gasteiger partial charge in [-0.25, -0.2) is 0 Å². The highest BCUT2D eigenvalue weighted by molar-refractivity contribution is 5.82. The molecule has 4 nitrogen and oxygen atoms in total. The number of benzene rings is 1. The molecule has 1 aliphatic rings. The van der Waals surface area contributed by atoms with Crippen LogP contribution in [-0.2, 0) is 4.79 Å². The molecular formula is C17H27N3O. The van der Waals surface area contributed by atoms with Crippen LogP contribution in [0.25, 0.3) is 0 Å². The first kappa shape index (κ1) is 16.0. The number of nitrogens with one attached hydrogen (secondary N) is 1. The van der Waals surface area contributed by atoms with Crippen molar-refractivity contribution in [1.82, 2.24) is 10.2 Å². The second-order valence-electron chi connectivity index (χ2n) is 6.06. The van der Waals surface area contributed by atoms with E-state index in [2.05, 4.69) is 17.1 Å². The van der Waals surface area contributed by atoms with E-state index in [0.29, 0.717) is 6.54 Å². The molecule has 1 aromatic carbocycles. The molecule has 0 spiro atoms. The van der Waals surface area contributed by atoms with Crippen molar-refractivity contribution in [3.8, 4) is 0 Å². The molecule has 1 fully saturated rings. The van der Waals surface area contributed by atoms with Gasteiger partial charge in [0.25, 0.3) is 0 Å². The van der Waals surface area contributed by atoms with Crippen molar-refractivity contribution in [2.45, 2.75) is 32.2 Å². The Hall–Kier alpha value is -1.39. The highest BCUT2D eigenvalue weighted by Crippen LogP contribution is 2.15. The van der Waals surface area contributed by atoms with Crippen LogP contribution in [0.15, 0.2) is 30.3 Å². The molecular weight excluding hydrogens is 262 g/mol. The minimum atomic E-state index is -0.568. The van der Waals surface area contributed by atoms with Crippen LogP contribution in [-0.4, -0.2) is 37.0 Å². The Morgan fingerprint density at radius 1 is 1.33 bits per heavy atom. The lowest BCUT2D eigenvalue weighted by molar-refractivity contribution is -0.122. The van der Waals surface area contributed by atoms with Gasteiger partial charge in [0.2, 0.25) is 5.91 Å². The Kier molecular flexibility index (Phi) is 6.21. The van der Waals surface area contributed by atoms with Crippen LogP contribution in [0.3, 0.4) is 0 Å². The van der Waals surface area contributed by atoms with Crippen LogP contribution in [0.1, 0.15) is 37.8 Å². The zero-order valence-corrected chi connectivity index (χ0v) is 12.9. The molecule has 1 atom stereocenters. The molecule has 3 N–H and O–H groups in total. The molecule has 0 aliphatic carbocycles. The standard InChI is InChI=1S/C17H27N3O/c1-14-8-12-20(13-9-14)11-5-10-19-17(21)16(18)15-6-3-2-4-7-15/h2-4,6-7,14,16H,5,8-13,18H2,1H3,(H,19,21)/t16-/m1/s1. The lowest BCUT2D eigenvalue weighted by Crippen LogP contribution is -2.37. The molecule has 4 heteroatoms. The van der Waals surface area contributed by atoms with Crippen LogP contribution >= 0.6 is 0 Å². The maximum absolute atomic E-state index is 12.0. The molecule has 1 saturated heterocycles. The molecule has 0 saturated carbocycles. The number of amides is 1. The van der Waals surface area contributed by atoms with E-state index >= 15 is 0 Å². The van der Waals surface area contributed by atoms with E-state index in [0.717, 1.165) is 24.4 Å². The fourth-order valence-corrected chi connectivity index (χ4v) is 2.72. The monoisotopic (exact) mass is 289 g/mol. The van der Waals surface area contributed by atoms with Gasteiger partial charge in [-0.05, 0) is 50.4 Å². The van der Waals surface area contributed by atoms with Crippen LogP contribution in [0, 0.1) is 5.92 Å². The fraction of sp³-hybridized carbons (Fsp3) is 0.588. The zero-order valence-electron chi connectivity index (χ0n) is 12.9. The number of hydrogen-bond donors (Lipinski definition) is 2. The number of likely N-dealkylation sites (tertiary alicyclic amines) is 1. The highest BCUT2D eigenvalue weighted by Gasteiger charge is 2.16. The first-order valence-corrected chi connectivity index (χ1v) is 7.97. The van der Waals surface area contributed by atoms with Gasteiger partial charge < -0.3 is 16.0 Å². The summed E-state index contributed by atoms with van der Waals surface area (Å²) in [5, 5.41) is 2.94. The number of carbonyl (C=O) groups excluding carboxylic acids is 1. The molecule has 1 amide bonds. The quantitative estimate of drug-likeness (QED) is 0.787. The molecule has 1 aromatic rings. The lowest BCUT2D eigenvalue weighted by atomic mass is 9.99. The highest BCUT2D eigenvalue weighted by atomic mass is 16.2. The largest absolute Gasteiger partial charge is 0.354 e. The smallest absolute Gasteiger partial charge is 0.241 e. The Labute approximate surface area is 127 Å². The number of carbonyl (C=O) groups is 1. The SMILES string of the molecule is CC1CCN(CCCNC(=O)[C@H](N)c2ccccc2)CC1. The van der Waals surface area contributed by atoms with Gasteiger partial charge in [0.05, 0.1) is 0 Å². The Morgan fingerprint density at radius 2 is 2.00 bits per heavy atom. The number of nitrogens with two attached hydrogens (primary N) is 1. The van der Waals surface area contributed by atoms with E-state index in [1.54, 1.807) is 0 Å². The van der Waals surface area contributed by atoms with E-state index in [9.17, 15) is 4.79 Å². The third-order valence-corrected chi connectivity index (χ3v) is 4.27. The average molecular weight is 289 g/mol. The second-order valence-corrected chi connectivity index (χ2v) is 6.06. The number of piperidine rings is 1. The Morgan fingerprint density at radius 3 is 2.67 bits per heavy atom. The van der Waals surface area contributed by atoms with Crippen molar-refractivity contribution < 1.29 is 4.79 Å². The third kappa shape index (κ3) is 5.14. The van der Waals surface area contributed by atoms with E-state index in [-0.39, 0.29) is 5.91 Å². The molecule has 0 radical (unpaired) electrons. The van der Waals surface area contributed by atoms with E-state index in [1.807, 2.05) is 30.3 Å². The first-order chi connectivity index (χ1) is 10.2. The lowest BCUT2D eigenvalue weighted by Gasteiger charge is -2.30. The number of hydrogen-bond acceptors (Lipinski definition) is 3. The summed E-state index contributed by atoms with van der Waals surface area (Å²) in [5.41, 5.74) is 6.82. The van der Waals surface area contributed by atoms with Gasteiger partial charge in [-0.3, -0.25) is 4.79 Å². The molecule has 2 rings (SSSR count). The second kappa shape index (κ2) is 8.15. The summed E-state index contributed by atoms with van der Waals surface area (Å²) < 4.78 is 0. The molecule has 1 heterocycles. The number of nitrogens with zero attached hydrogens (tertiary/aromatic N) is 1. The maximum atomic E-state index is 12.0. The summed E-state index contributed by atoms with van der Waals surface area (Å²) in [6.45, 7) is 6.47. The molecule has 116 valence electrons. The average Bonchev–Trinajstić information content (AvgIpc) is 2.53. The zero-order chi connectivity index (χ0) is 15.1. The summed E-state index contributed by atoms with van der Waals surface area (Å²) in [6.07, 6.45) is 3.58. The van der Waals surface area contributed by atoms with Gasteiger partial charge >= 0.3 is 0 Å². The van der Waals surface area contributed by atoms with E-state index in [1.165, 1.54) is 25.9 Å². The molecule has 0 unspecified atom stereocenters. The predicted molar refractivity (Wildman–Crippen MR) is 85.8 cm³/mol. The molecule has 0 aromatic heterocycles. The van der Waals surface area contributed by atoms with Gasteiger partial charge in [-0.2, -0.15) is 0 Å². The fourth-order valence-electron chi connectivity index (χ4n) is 2.72. The predicted octanol–water partition coefficient (Wildman–Crippen LogP) is 1.92. The van der Waals surface area contributed by atoms with Crippen molar-refractivity contribution in [1.29, 1.82) is 0 Å². The molecule has 0 bridgehead atoms. The van der Waals surface area contributed by atoms with Gasteiger partial charge in [0.15, 0.2) is 0 Å². The molecule has 1 aliphatic heterocycles. The topological polar surface area (TPSA) is 58.4 Å². The third-order valence-electron chi connectivity index (χ3n) is 4.27. The van der Waals surface area contributed by atoms with Crippen LogP contribution in [0.5, 0.6) is 0 Å². The Bertz CT molecular complexity index is 427. The summed E-state index contributed by atoms with van der Waals surface area (Å²) in [5.74, 6) is 0.776. The summed E-state index contributed by atoms with van der Waals surface area (Å²) in [7, 11) is 0. The minimum absolute atomic E-state index is 0.0894. The van der Waals surface area contributed by atoms with Gasteiger partial charge in [0.1, 0.15) is 6.04 Å². The van der Waals surface area contributed by atoms with Gasteiger partial charge in [-0.1, -0.05) is 37.3 Å².